The lowest BCUT2D eigenvalue weighted by Crippen LogP contribution is -2.34. The van der Waals surface area contributed by atoms with Gasteiger partial charge < -0.3 is 10.2 Å². The van der Waals surface area contributed by atoms with Crippen molar-refractivity contribution in [2.45, 2.75) is 26.0 Å². The van der Waals surface area contributed by atoms with Crippen molar-refractivity contribution in [1.82, 2.24) is 9.88 Å². The van der Waals surface area contributed by atoms with Crippen LogP contribution in [0.4, 0.5) is 4.79 Å². The Hall–Kier alpha value is -1.92. The minimum Gasteiger partial charge on any atom is -0.465 e. The average molecular weight is 379 g/mol. The van der Waals surface area contributed by atoms with E-state index in [9.17, 15) is 15.0 Å². The van der Waals surface area contributed by atoms with E-state index in [-0.39, 0.29) is 12.6 Å². The van der Waals surface area contributed by atoms with Crippen molar-refractivity contribution in [1.29, 1.82) is 0 Å². The maximum absolute atomic E-state index is 11.6. The van der Waals surface area contributed by atoms with E-state index >= 15 is 0 Å². The van der Waals surface area contributed by atoms with Crippen molar-refractivity contribution < 1.29 is 15.0 Å². The third-order valence-corrected chi connectivity index (χ3v) is 4.16. The van der Waals surface area contributed by atoms with E-state index in [0.29, 0.717) is 24.4 Å². The number of carboxylic acid groups (broad SMARTS) is 1. The Bertz CT molecular complexity index is 678. The lowest BCUT2D eigenvalue weighted by molar-refractivity contribution is 0.127. The summed E-state index contributed by atoms with van der Waals surface area (Å²) in [6.45, 7) is 2.02. The number of benzene rings is 1. The molecule has 1 heterocycles. The Kier molecular flexibility index (Phi) is 6.12. The second-order valence-electron chi connectivity index (χ2n) is 5.24. The summed E-state index contributed by atoms with van der Waals surface area (Å²) in [5.74, 6) is 0. The van der Waals surface area contributed by atoms with E-state index in [0.717, 1.165) is 10.0 Å². The topological polar surface area (TPSA) is 73.7 Å². The van der Waals surface area contributed by atoms with Gasteiger partial charge in [0.05, 0.1) is 24.0 Å². The Morgan fingerprint density at radius 1 is 1.30 bits per heavy atom. The molecule has 0 spiro atoms. The average Bonchev–Trinajstić information content (AvgIpc) is 2.54. The summed E-state index contributed by atoms with van der Waals surface area (Å²) >= 11 is 3.42. The molecule has 0 aliphatic rings. The summed E-state index contributed by atoms with van der Waals surface area (Å²) in [6, 6.07) is 12.7. The van der Waals surface area contributed by atoms with E-state index in [1.165, 1.54) is 4.90 Å². The zero-order chi connectivity index (χ0) is 16.8. The zero-order valence-electron chi connectivity index (χ0n) is 12.8. The number of hydrogen-bond acceptors (Lipinski definition) is 3. The van der Waals surface area contributed by atoms with Gasteiger partial charge >= 0.3 is 6.09 Å². The first kappa shape index (κ1) is 17.4. The third-order valence-electron chi connectivity index (χ3n) is 3.66. The zero-order valence-corrected chi connectivity index (χ0v) is 14.4. The molecule has 23 heavy (non-hydrogen) atoms. The molecular formula is C17H19BrN2O3. The van der Waals surface area contributed by atoms with Crippen LogP contribution < -0.4 is 0 Å². The molecule has 2 rings (SSSR count). The highest BCUT2D eigenvalue weighted by molar-refractivity contribution is 9.10. The Labute approximate surface area is 143 Å². The SMILES string of the molecule is C[C@@H](c1cccc(CO)n1)N(CCc1cccc(Br)c1)C(=O)O. The molecule has 6 heteroatoms. The fourth-order valence-corrected chi connectivity index (χ4v) is 2.82. The van der Waals surface area contributed by atoms with Crippen LogP contribution in [0.3, 0.4) is 0 Å². The molecule has 0 saturated heterocycles. The molecular weight excluding hydrogens is 360 g/mol. The van der Waals surface area contributed by atoms with E-state index < -0.39 is 6.09 Å². The summed E-state index contributed by atoms with van der Waals surface area (Å²) in [7, 11) is 0. The van der Waals surface area contributed by atoms with Crippen LogP contribution in [0.5, 0.6) is 0 Å². The summed E-state index contributed by atoms with van der Waals surface area (Å²) in [5.41, 5.74) is 2.23. The number of carbonyl (C=O) groups is 1. The molecule has 1 amide bonds. The number of amides is 1. The van der Waals surface area contributed by atoms with Crippen LogP contribution in [-0.4, -0.2) is 32.7 Å². The molecule has 5 nitrogen and oxygen atoms in total. The number of rotatable bonds is 6. The quantitative estimate of drug-likeness (QED) is 0.804. The Morgan fingerprint density at radius 2 is 2.04 bits per heavy atom. The van der Waals surface area contributed by atoms with Gasteiger partial charge in [0.15, 0.2) is 0 Å². The van der Waals surface area contributed by atoms with Gasteiger partial charge in [-0.2, -0.15) is 0 Å². The Balaban J connectivity index is 2.12. The number of nitrogens with zero attached hydrogens (tertiary/aromatic N) is 2. The molecule has 122 valence electrons. The van der Waals surface area contributed by atoms with Gasteiger partial charge in [0.25, 0.3) is 0 Å². The molecule has 0 radical (unpaired) electrons. The standard InChI is InChI=1S/C17H19BrN2O3/c1-12(16-7-3-6-15(11-21)19-16)20(17(22)23)9-8-13-4-2-5-14(18)10-13/h2-7,10,12,21H,8-9,11H2,1H3,(H,22,23)/t12-/m0/s1. The lowest BCUT2D eigenvalue weighted by atomic mass is 10.1. The monoisotopic (exact) mass is 378 g/mol. The highest BCUT2D eigenvalue weighted by atomic mass is 79.9. The van der Waals surface area contributed by atoms with Gasteiger partial charge in [-0.15, -0.1) is 0 Å². The van der Waals surface area contributed by atoms with Crippen molar-refractivity contribution in [2.75, 3.05) is 6.54 Å². The first-order valence-corrected chi connectivity index (χ1v) is 8.11. The maximum Gasteiger partial charge on any atom is 0.407 e. The third kappa shape index (κ3) is 4.77. The second-order valence-corrected chi connectivity index (χ2v) is 6.16. The van der Waals surface area contributed by atoms with Crippen LogP contribution >= 0.6 is 15.9 Å². The number of aromatic nitrogens is 1. The number of aliphatic hydroxyl groups excluding tert-OH is 1. The van der Waals surface area contributed by atoms with Gasteiger partial charge in [0.1, 0.15) is 0 Å². The first-order valence-electron chi connectivity index (χ1n) is 7.32. The van der Waals surface area contributed by atoms with E-state index in [1.54, 1.807) is 25.1 Å². The van der Waals surface area contributed by atoms with Crippen LogP contribution in [0.2, 0.25) is 0 Å². The van der Waals surface area contributed by atoms with Gasteiger partial charge in [-0.05, 0) is 43.2 Å². The second kappa shape index (κ2) is 8.08. The summed E-state index contributed by atoms with van der Waals surface area (Å²) in [5, 5.41) is 18.7. The van der Waals surface area contributed by atoms with E-state index in [4.69, 9.17) is 0 Å². The molecule has 1 aromatic carbocycles. The van der Waals surface area contributed by atoms with Gasteiger partial charge in [0.2, 0.25) is 0 Å². The van der Waals surface area contributed by atoms with Crippen molar-refractivity contribution in [3.05, 3.63) is 63.9 Å². The lowest BCUT2D eigenvalue weighted by Gasteiger charge is -2.26. The van der Waals surface area contributed by atoms with Crippen molar-refractivity contribution in [3.63, 3.8) is 0 Å². The molecule has 2 N–H and O–H groups in total. The highest BCUT2D eigenvalue weighted by Gasteiger charge is 2.21. The number of hydrogen-bond donors (Lipinski definition) is 2. The number of halogens is 1. The summed E-state index contributed by atoms with van der Waals surface area (Å²) in [4.78, 5) is 17.3. The predicted octanol–water partition coefficient (Wildman–Crippen LogP) is 3.62. The van der Waals surface area contributed by atoms with E-state index in [1.807, 2.05) is 24.3 Å². The molecule has 0 aliphatic carbocycles. The Morgan fingerprint density at radius 3 is 2.70 bits per heavy atom. The molecule has 1 aromatic heterocycles. The largest absolute Gasteiger partial charge is 0.465 e. The molecule has 1 atom stereocenters. The van der Waals surface area contributed by atoms with Crippen LogP contribution in [-0.2, 0) is 13.0 Å². The molecule has 0 aliphatic heterocycles. The minimum absolute atomic E-state index is 0.161. The van der Waals surface area contributed by atoms with E-state index in [2.05, 4.69) is 20.9 Å². The summed E-state index contributed by atoms with van der Waals surface area (Å²) in [6.07, 6.45) is -0.362. The van der Waals surface area contributed by atoms with Crippen molar-refractivity contribution >= 4 is 22.0 Å². The number of aliphatic hydroxyl groups is 1. The highest BCUT2D eigenvalue weighted by Crippen LogP contribution is 2.20. The fourth-order valence-electron chi connectivity index (χ4n) is 2.38. The molecule has 0 saturated carbocycles. The van der Waals surface area contributed by atoms with Gasteiger partial charge in [-0.3, -0.25) is 9.88 Å². The fraction of sp³-hybridized carbons (Fsp3) is 0.294. The van der Waals surface area contributed by atoms with Crippen molar-refractivity contribution in [2.24, 2.45) is 0 Å². The number of pyridine rings is 1. The molecule has 0 bridgehead atoms. The smallest absolute Gasteiger partial charge is 0.407 e. The van der Waals surface area contributed by atoms with Gasteiger partial charge in [-0.25, -0.2) is 4.79 Å². The maximum atomic E-state index is 11.6. The van der Waals surface area contributed by atoms with Gasteiger partial charge in [0, 0.05) is 11.0 Å². The van der Waals surface area contributed by atoms with Gasteiger partial charge in [-0.1, -0.05) is 34.1 Å². The normalized spacial score (nSPS) is 12.0. The first-order chi connectivity index (χ1) is 11.0. The van der Waals surface area contributed by atoms with Crippen LogP contribution in [0, 0.1) is 0 Å². The van der Waals surface area contributed by atoms with Crippen molar-refractivity contribution in [3.8, 4) is 0 Å². The van der Waals surface area contributed by atoms with Crippen LogP contribution in [0.1, 0.15) is 29.9 Å². The molecule has 0 fully saturated rings. The minimum atomic E-state index is -0.983. The predicted molar refractivity (Wildman–Crippen MR) is 91.2 cm³/mol. The van der Waals surface area contributed by atoms with Crippen LogP contribution in [0.15, 0.2) is 46.9 Å². The summed E-state index contributed by atoms with van der Waals surface area (Å²) < 4.78 is 0.974. The molecule has 0 unspecified atom stereocenters. The molecule has 2 aromatic rings. The van der Waals surface area contributed by atoms with Crippen LogP contribution in [0.25, 0.3) is 0 Å².